The molecule has 0 aliphatic rings. The van der Waals surface area contributed by atoms with E-state index in [2.05, 4.69) is 10.3 Å². The van der Waals surface area contributed by atoms with Crippen molar-refractivity contribution < 1.29 is 14.6 Å². The first kappa shape index (κ1) is 13.6. The standard InChI is InChI=1S/C10H18N4O3/c1-7(2)17-4-3-14-6-8(12-13-14)5-9(11)10(15)16/h6-7,9H,3-5,11H2,1-2H3,(H,15,16). The minimum atomic E-state index is -1.04. The fourth-order valence-corrected chi connectivity index (χ4v) is 1.24. The molecule has 0 saturated carbocycles. The van der Waals surface area contributed by atoms with Crippen LogP contribution in [0.3, 0.4) is 0 Å². The van der Waals surface area contributed by atoms with Gasteiger partial charge in [0.2, 0.25) is 0 Å². The lowest BCUT2D eigenvalue weighted by Crippen LogP contribution is -2.32. The van der Waals surface area contributed by atoms with Crippen molar-refractivity contribution in [3.8, 4) is 0 Å². The quantitative estimate of drug-likeness (QED) is 0.677. The highest BCUT2D eigenvalue weighted by molar-refractivity contribution is 5.73. The second-order valence-electron chi connectivity index (χ2n) is 4.04. The second kappa shape index (κ2) is 6.31. The number of carboxylic acids is 1. The summed E-state index contributed by atoms with van der Waals surface area (Å²) in [6.07, 6.45) is 2.05. The van der Waals surface area contributed by atoms with Crippen molar-refractivity contribution in [2.75, 3.05) is 6.61 Å². The van der Waals surface area contributed by atoms with Gasteiger partial charge in [0.25, 0.3) is 0 Å². The third kappa shape index (κ3) is 4.92. The highest BCUT2D eigenvalue weighted by Gasteiger charge is 2.14. The maximum absolute atomic E-state index is 10.6. The van der Waals surface area contributed by atoms with E-state index in [4.69, 9.17) is 15.6 Å². The average molecular weight is 242 g/mol. The summed E-state index contributed by atoms with van der Waals surface area (Å²) in [5, 5.41) is 16.4. The SMILES string of the molecule is CC(C)OCCn1cc(CC(N)C(=O)O)nn1. The molecule has 1 rings (SSSR count). The fraction of sp³-hybridized carbons (Fsp3) is 0.700. The molecule has 0 amide bonds. The summed E-state index contributed by atoms with van der Waals surface area (Å²) in [6.45, 7) is 5.05. The molecule has 0 aromatic carbocycles. The molecule has 0 saturated heterocycles. The predicted octanol–water partition coefficient (Wildman–Crippen LogP) is -0.342. The van der Waals surface area contributed by atoms with E-state index in [0.717, 1.165) is 0 Å². The number of ether oxygens (including phenoxy) is 1. The summed E-state index contributed by atoms with van der Waals surface area (Å²) in [5.41, 5.74) is 5.97. The number of nitrogens with two attached hydrogens (primary N) is 1. The zero-order chi connectivity index (χ0) is 12.8. The Bertz CT molecular complexity index is 364. The van der Waals surface area contributed by atoms with Gasteiger partial charge >= 0.3 is 5.97 Å². The van der Waals surface area contributed by atoms with E-state index in [0.29, 0.717) is 18.8 Å². The number of aliphatic carboxylic acids is 1. The Hall–Kier alpha value is -1.47. The maximum Gasteiger partial charge on any atom is 0.320 e. The van der Waals surface area contributed by atoms with Crippen LogP contribution in [-0.4, -0.2) is 44.8 Å². The summed E-state index contributed by atoms with van der Waals surface area (Å²) in [7, 11) is 0. The van der Waals surface area contributed by atoms with E-state index in [9.17, 15) is 4.79 Å². The van der Waals surface area contributed by atoms with Crippen LogP contribution in [0.1, 0.15) is 19.5 Å². The lowest BCUT2D eigenvalue weighted by molar-refractivity contribution is -0.138. The molecule has 0 bridgehead atoms. The molecule has 96 valence electrons. The number of hydrogen-bond acceptors (Lipinski definition) is 5. The number of nitrogens with zero attached hydrogens (tertiary/aromatic N) is 3. The van der Waals surface area contributed by atoms with Gasteiger partial charge in [-0.05, 0) is 13.8 Å². The summed E-state index contributed by atoms with van der Waals surface area (Å²) in [6, 6.07) is -0.938. The minimum absolute atomic E-state index is 0.179. The lowest BCUT2D eigenvalue weighted by Gasteiger charge is -2.06. The molecular formula is C10H18N4O3. The Kier molecular flexibility index (Phi) is 5.05. The third-order valence-electron chi connectivity index (χ3n) is 2.10. The van der Waals surface area contributed by atoms with E-state index in [1.807, 2.05) is 13.8 Å². The Morgan fingerprint density at radius 2 is 2.35 bits per heavy atom. The van der Waals surface area contributed by atoms with Crippen molar-refractivity contribution >= 4 is 5.97 Å². The summed E-state index contributed by atoms with van der Waals surface area (Å²) < 4.78 is 6.98. The zero-order valence-electron chi connectivity index (χ0n) is 10.0. The van der Waals surface area contributed by atoms with Crippen molar-refractivity contribution in [1.29, 1.82) is 0 Å². The first-order valence-corrected chi connectivity index (χ1v) is 5.48. The van der Waals surface area contributed by atoms with Gasteiger partial charge in [0.1, 0.15) is 6.04 Å². The minimum Gasteiger partial charge on any atom is -0.480 e. The van der Waals surface area contributed by atoms with Crippen molar-refractivity contribution in [2.24, 2.45) is 5.73 Å². The Balaban J connectivity index is 2.40. The monoisotopic (exact) mass is 242 g/mol. The first-order chi connectivity index (χ1) is 7.99. The fourth-order valence-electron chi connectivity index (χ4n) is 1.24. The molecule has 17 heavy (non-hydrogen) atoms. The average Bonchev–Trinajstić information content (AvgIpc) is 2.65. The molecule has 0 radical (unpaired) electrons. The normalized spacial score (nSPS) is 12.9. The van der Waals surface area contributed by atoms with Crippen LogP contribution in [0.5, 0.6) is 0 Å². The predicted molar refractivity (Wildman–Crippen MR) is 60.4 cm³/mol. The van der Waals surface area contributed by atoms with Crippen LogP contribution < -0.4 is 5.73 Å². The Morgan fingerprint density at radius 1 is 1.65 bits per heavy atom. The topological polar surface area (TPSA) is 103 Å². The number of rotatable bonds is 7. The van der Waals surface area contributed by atoms with E-state index >= 15 is 0 Å². The van der Waals surface area contributed by atoms with Gasteiger partial charge in [-0.2, -0.15) is 0 Å². The van der Waals surface area contributed by atoms with Gasteiger partial charge in [-0.15, -0.1) is 5.10 Å². The van der Waals surface area contributed by atoms with Crippen LogP contribution in [0, 0.1) is 0 Å². The highest BCUT2D eigenvalue weighted by atomic mass is 16.5. The number of carbonyl (C=O) groups is 1. The van der Waals surface area contributed by atoms with Crippen LogP contribution in [0.4, 0.5) is 0 Å². The van der Waals surface area contributed by atoms with Crippen molar-refractivity contribution in [2.45, 2.75) is 39.0 Å². The highest BCUT2D eigenvalue weighted by Crippen LogP contribution is 1.98. The van der Waals surface area contributed by atoms with E-state index in [1.54, 1.807) is 10.9 Å². The van der Waals surface area contributed by atoms with Crippen LogP contribution in [-0.2, 0) is 22.5 Å². The second-order valence-corrected chi connectivity index (χ2v) is 4.04. The number of hydrogen-bond donors (Lipinski definition) is 2. The van der Waals surface area contributed by atoms with Gasteiger partial charge in [0, 0.05) is 12.6 Å². The Morgan fingerprint density at radius 3 is 2.94 bits per heavy atom. The van der Waals surface area contributed by atoms with Gasteiger partial charge in [0.05, 0.1) is 24.9 Å². The summed E-state index contributed by atoms with van der Waals surface area (Å²) in [4.78, 5) is 10.6. The molecule has 7 nitrogen and oxygen atoms in total. The van der Waals surface area contributed by atoms with E-state index < -0.39 is 12.0 Å². The van der Waals surface area contributed by atoms with Gasteiger partial charge in [-0.1, -0.05) is 5.21 Å². The van der Waals surface area contributed by atoms with Gasteiger partial charge in [0.15, 0.2) is 0 Å². The molecule has 0 fully saturated rings. The van der Waals surface area contributed by atoms with Gasteiger partial charge in [-0.25, -0.2) is 4.68 Å². The van der Waals surface area contributed by atoms with Gasteiger partial charge < -0.3 is 15.6 Å². The molecule has 3 N–H and O–H groups in total. The molecule has 0 spiro atoms. The third-order valence-corrected chi connectivity index (χ3v) is 2.10. The Labute approximate surface area is 99.6 Å². The summed E-state index contributed by atoms with van der Waals surface area (Å²) in [5.74, 6) is -1.04. The zero-order valence-corrected chi connectivity index (χ0v) is 10.0. The van der Waals surface area contributed by atoms with E-state index in [1.165, 1.54) is 0 Å². The molecule has 1 unspecified atom stereocenters. The molecule has 1 aromatic heterocycles. The molecule has 1 heterocycles. The van der Waals surface area contributed by atoms with Crippen molar-refractivity contribution in [3.63, 3.8) is 0 Å². The van der Waals surface area contributed by atoms with Crippen LogP contribution in [0.2, 0.25) is 0 Å². The maximum atomic E-state index is 10.6. The molecule has 1 aromatic rings. The molecule has 1 atom stereocenters. The molecule has 0 aliphatic heterocycles. The molecular weight excluding hydrogens is 224 g/mol. The largest absolute Gasteiger partial charge is 0.480 e. The van der Waals surface area contributed by atoms with E-state index in [-0.39, 0.29) is 12.5 Å². The van der Waals surface area contributed by atoms with Crippen LogP contribution in [0.15, 0.2) is 6.20 Å². The van der Waals surface area contributed by atoms with Gasteiger partial charge in [-0.3, -0.25) is 4.79 Å². The van der Waals surface area contributed by atoms with Crippen LogP contribution in [0.25, 0.3) is 0 Å². The van der Waals surface area contributed by atoms with Crippen molar-refractivity contribution in [3.05, 3.63) is 11.9 Å². The molecule has 7 heteroatoms. The van der Waals surface area contributed by atoms with Crippen molar-refractivity contribution in [1.82, 2.24) is 15.0 Å². The number of carboxylic acid groups (broad SMARTS) is 1. The molecule has 0 aliphatic carbocycles. The summed E-state index contributed by atoms with van der Waals surface area (Å²) >= 11 is 0. The first-order valence-electron chi connectivity index (χ1n) is 5.48. The smallest absolute Gasteiger partial charge is 0.320 e. The lowest BCUT2D eigenvalue weighted by atomic mass is 10.2. The number of aromatic nitrogens is 3. The van der Waals surface area contributed by atoms with Crippen LogP contribution >= 0.6 is 0 Å².